The van der Waals surface area contributed by atoms with E-state index < -0.39 is 0 Å². The number of aromatic amines is 1. The van der Waals surface area contributed by atoms with Crippen molar-refractivity contribution in [1.82, 2.24) is 20.8 Å². The van der Waals surface area contributed by atoms with Crippen LogP contribution in [0.2, 0.25) is 5.02 Å². The molecule has 0 fully saturated rings. The number of amides is 2. The van der Waals surface area contributed by atoms with Crippen LogP contribution in [0.4, 0.5) is 5.69 Å². The lowest BCUT2D eigenvalue weighted by Gasteiger charge is -2.13. The van der Waals surface area contributed by atoms with Gasteiger partial charge in [-0.3, -0.25) is 14.7 Å². The van der Waals surface area contributed by atoms with Gasteiger partial charge in [0.15, 0.2) is 5.69 Å². The molecule has 0 atom stereocenters. The summed E-state index contributed by atoms with van der Waals surface area (Å²) in [5, 5.41) is 15.8. The predicted molar refractivity (Wildman–Crippen MR) is 94.0 cm³/mol. The molecule has 2 heterocycles. The Morgan fingerprint density at radius 1 is 1.29 bits per heavy atom. The maximum absolute atomic E-state index is 12.4. The molecule has 9 heteroatoms. The van der Waals surface area contributed by atoms with Crippen LogP contribution >= 0.6 is 24.0 Å². The van der Waals surface area contributed by atoms with Crippen molar-refractivity contribution in [3.63, 3.8) is 0 Å². The first-order chi connectivity index (χ1) is 11.1. The van der Waals surface area contributed by atoms with E-state index in [0.717, 1.165) is 24.2 Å². The monoisotopic (exact) mass is 369 g/mol. The molecule has 2 amide bonds. The lowest BCUT2D eigenvalue weighted by atomic mass is 10.1. The quantitative estimate of drug-likeness (QED) is 0.662. The summed E-state index contributed by atoms with van der Waals surface area (Å²) >= 11 is 6.08. The zero-order valence-corrected chi connectivity index (χ0v) is 14.5. The van der Waals surface area contributed by atoms with Crippen LogP contribution in [0.1, 0.15) is 32.1 Å². The van der Waals surface area contributed by atoms with Crippen LogP contribution < -0.4 is 16.0 Å². The number of anilines is 1. The van der Waals surface area contributed by atoms with Gasteiger partial charge in [-0.05, 0) is 18.2 Å². The van der Waals surface area contributed by atoms with Gasteiger partial charge in [0.25, 0.3) is 11.8 Å². The van der Waals surface area contributed by atoms with E-state index in [9.17, 15) is 9.59 Å². The minimum absolute atomic E-state index is 0. The largest absolute Gasteiger partial charge is 0.355 e. The minimum Gasteiger partial charge on any atom is -0.355 e. The van der Waals surface area contributed by atoms with E-state index in [4.69, 9.17) is 11.6 Å². The molecule has 0 radical (unpaired) electrons. The van der Waals surface area contributed by atoms with Gasteiger partial charge in [0.1, 0.15) is 0 Å². The zero-order chi connectivity index (χ0) is 16.4. The van der Waals surface area contributed by atoms with Crippen molar-refractivity contribution < 1.29 is 9.59 Å². The smallest absolute Gasteiger partial charge is 0.276 e. The third-order valence-electron chi connectivity index (χ3n) is 3.72. The Kier molecular flexibility index (Phi) is 5.82. The number of rotatable bonds is 3. The van der Waals surface area contributed by atoms with Crippen molar-refractivity contribution >= 4 is 41.5 Å². The molecule has 0 saturated carbocycles. The zero-order valence-electron chi connectivity index (χ0n) is 12.9. The Labute approximate surface area is 149 Å². The number of fused-ring (bicyclic) bond motifs is 1. The van der Waals surface area contributed by atoms with Crippen molar-refractivity contribution in [2.45, 2.75) is 13.0 Å². The normalized spacial score (nSPS) is 12.8. The molecule has 1 aliphatic rings. The average molecular weight is 370 g/mol. The summed E-state index contributed by atoms with van der Waals surface area (Å²) in [6, 6.07) is 4.74. The number of halogens is 2. The molecule has 0 aliphatic carbocycles. The molecule has 1 aromatic carbocycles. The van der Waals surface area contributed by atoms with Gasteiger partial charge in [-0.15, -0.1) is 12.4 Å². The molecule has 0 spiro atoms. The van der Waals surface area contributed by atoms with E-state index >= 15 is 0 Å². The highest BCUT2D eigenvalue weighted by Gasteiger charge is 2.21. The van der Waals surface area contributed by atoms with Crippen molar-refractivity contribution in [2.24, 2.45) is 0 Å². The Balaban J connectivity index is 0.00000208. The first-order valence-corrected chi connectivity index (χ1v) is 7.57. The summed E-state index contributed by atoms with van der Waals surface area (Å²) in [6.45, 7) is 1.48. The Morgan fingerprint density at radius 2 is 2.08 bits per heavy atom. The summed E-state index contributed by atoms with van der Waals surface area (Å²) in [4.78, 5) is 24.0. The second-order valence-corrected chi connectivity index (χ2v) is 5.59. The number of hydrogen-bond donors (Lipinski definition) is 4. The fourth-order valence-electron chi connectivity index (χ4n) is 2.52. The van der Waals surface area contributed by atoms with Crippen molar-refractivity contribution in [3.8, 4) is 0 Å². The van der Waals surface area contributed by atoms with E-state index in [2.05, 4.69) is 26.1 Å². The van der Waals surface area contributed by atoms with Crippen LogP contribution in [0.15, 0.2) is 18.2 Å². The highest BCUT2D eigenvalue weighted by molar-refractivity contribution is 6.34. The fraction of sp³-hybridized carbons (Fsp3) is 0.267. The predicted octanol–water partition coefficient (Wildman–Crippen LogP) is 1.74. The average Bonchev–Trinajstić information content (AvgIpc) is 2.98. The number of nitrogens with one attached hydrogen (secondary N) is 4. The summed E-state index contributed by atoms with van der Waals surface area (Å²) in [5.74, 6) is -0.588. The maximum Gasteiger partial charge on any atom is 0.276 e. The second-order valence-electron chi connectivity index (χ2n) is 5.18. The van der Waals surface area contributed by atoms with Gasteiger partial charge in [0.2, 0.25) is 0 Å². The first-order valence-electron chi connectivity index (χ1n) is 7.20. The summed E-state index contributed by atoms with van der Waals surface area (Å²) < 4.78 is 0. The van der Waals surface area contributed by atoms with Gasteiger partial charge < -0.3 is 16.0 Å². The van der Waals surface area contributed by atoms with Gasteiger partial charge in [0.05, 0.1) is 10.6 Å². The lowest BCUT2D eigenvalue weighted by Crippen LogP contribution is -2.25. The van der Waals surface area contributed by atoms with Crippen molar-refractivity contribution in [1.29, 1.82) is 0 Å². The second kappa shape index (κ2) is 7.65. The van der Waals surface area contributed by atoms with Gasteiger partial charge in [-0.1, -0.05) is 11.6 Å². The lowest BCUT2D eigenvalue weighted by molar-refractivity contribution is 0.0962. The molecule has 1 aliphatic heterocycles. The van der Waals surface area contributed by atoms with Crippen LogP contribution in [-0.4, -0.2) is 35.6 Å². The SMILES string of the molecule is CNC(=O)c1ccc(NC(=O)c2n[nH]c3c2CNCC3)cc1Cl.Cl. The van der Waals surface area contributed by atoms with Crippen LogP contribution in [0.5, 0.6) is 0 Å². The number of hydrogen-bond acceptors (Lipinski definition) is 4. The third-order valence-corrected chi connectivity index (χ3v) is 4.03. The van der Waals surface area contributed by atoms with Gasteiger partial charge in [-0.25, -0.2) is 0 Å². The molecular formula is C15H17Cl2N5O2. The molecule has 4 N–H and O–H groups in total. The molecule has 7 nitrogen and oxygen atoms in total. The molecule has 128 valence electrons. The number of aromatic nitrogens is 2. The third kappa shape index (κ3) is 3.53. The number of nitrogens with zero attached hydrogens (tertiary/aromatic N) is 1. The number of carbonyl (C=O) groups excluding carboxylic acids is 2. The fourth-order valence-corrected chi connectivity index (χ4v) is 2.78. The Bertz CT molecular complexity index is 775. The van der Waals surface area contributed by atoms with Crippen molar-refractivity contribution in [2.75, 3.05) is 18.9 Å². The van der Waals surface area contributed by atoms with E-state index in [-0.39, 0.29) is 29.2 Å². The minimum atomic E-state index is -0.310. The van der Waals surface area contributed by atoms with Crippen molar-refractivity contribution in [3.05, 3.63) is 45.7 Å². The van der Waals surface area contributed by atoms with E-state index in [0.29, 0.717) is 23.5 Å². The molecule has 24 heavy (non-hydrogen) atoms. The van der Waals surface area contributed by atoms with E-state index in [1.165, 1.54) is 7.05 Å². The van der Waals surface area contributed by atoms with Crippen LogP contribution in [-0.2, 0) is 13.0 Å². The van der Waals surface area contributed by atoms with E-state index in [1.807, 2.05) is 0 Å². The standard InChI is InChI=1S/C15H16ClN5O2.ClH/c1-17-14(22)9-3-2-8(6-11(9)16)19-15(23)13-10-7-18-5-4-12(10)20-21-13;/h2-3,6,18H,4-5,7H2,1H3,(H,17,22)(H,19,23)(H,20,21);1H. The first kappa shape index (κ1) is 18.3. The molecular weight excluding hydrogens is 353 g/mol. The number of carbonyl (C=O) groups is 2. The summed E-state index contributed by atoms with van der Waals surface area (Å²) in [5.41, 5.74) is 3.11. The summed E-state index contributed by atoms with van der Waals surface area (Å²) in [7, 11) is 1.53. The maximum atomic E-state index is 12.4. The van der Waals surface area contributed by atoms with E-state index in [1.54, 1.807) is 18.2 Å². The number of H-pyrrole nitrogens is 1. The van der Waals surface area contributed by atoms with Crippen LogP contribution in [0, 0.1) is 0 Å². The molecule has 3 rings (SSSR count). The highest BCUT2D eigenvalue weighted by Crippen LogP contribution is 2.22. The Hall–Kier alpha value is -2.09. The van der Waals surface area contributed by atoms with Crippen LogP contribution in [0.25, 0.3) is 0 Å². The molecule has 1 aromatic heterocycles. The summed E-state index contributed by atoms with van der Waals surface area (Å²) in [6.07, 6.45) is 0.822. The Morgan fingerprint density at radius 3 is 2.79 bits per heavy atom. The molecule has 0 unspecified atom stereocenters. The van der Waals surface area contributed by atoms with Gasteiger partial charge in [-0.2, -0.15) is 5.10 Å². The molecule has 2 aromatic rings. The van der Waals surface area contributed by atoms with Gasteiger partial charge in [0, 0.05) is 43.5 Å². The molecule has 0 bridgehead atoms. The highest BCUT2D eigenvalue weighted by atomic mass is 35.5. The molecule has 0 saturated heterocycles. The van der Waals surface area contributed by atoms with Gasteiger partial charge >= 0.3 is 0 Å². The van der Waals surface area contributed by atoms with Crippen LogP contribution in [0.3, 0.4) is 0 Å². The topological polar surface area (TPSA) is 98.9 Å². The number of benzene rings is 1.